The largest absolute Gasteiger partial charge is 0.497 e. The van der Waals surface area contributed by atoms with E-state index in [1.807, 2.05) is 24.3 Å². The Hall–Kier alpha value is -2.98. The van der Waals surface area contributed by atoms with Crippen molar-refractivity contribution in [2.24, 2.45) is 10.2 Å². The molecule has 0 radical (unpaired) electrons. The molecule has 0 fully saturated rings. The molecule has 9 nitrogen and oxygen atoms in total. The van der Waals surface area contributed by atoms with Crippen LogP contribution in [0.2, 0.25) is 0 Å². The SMILES string of the molecule is COc1ccc(C/C(C)=N\Nc2ccc(S(N)(=O)=O)cc2[N+](=O)[O-])cc1. The molecule has 10 heteroatoms. The summed E-state index contributed by atoms with van der Waals surface area (Å²) in [5.41, 5.74) is 3.91. The van der Waals surface area contributed by atoms with Crippen molar-refractivity contribution in [1.82, 2.24) is 0 Å². The molecule has 3 N–H and O–H groups in total. The van der Waals surface area contributed by atoms with Gasteiger partial charge in [0.25, 0.3) is 5.69 Å². The molecule has 0 amide bonds. The van der Waals surface area contributed by atoms with Crippen LogP contribution in [0.25, 0.3) is 0 Å². The number of hydrogen-bond acceptors (Lipinski definition) is 7. The molecule has 26 heavy (non-hydrogen) atoms. The van der Waals surface area contributed by atoms with Crippen molar-refractivity contribution in [1.29, 1.82) is 0 Å². The van der Waals surface area contributed by atoms with Crippen LogP contribution in [0.1, 0.15) is 12.5 Å². The Bertz CT molecular complexity index is 940. The predicted octanol–water partition coefficient (Wildman–Crippen LogP) is 2.28. The fraction of sp³-hybridized carbons (Fsp3) is 0.188. The summed E-state index contributed by atoms with van der Waals surface area (Å²) in [7, 11) is -2.45. The molecule has 2 aromatic rings. The number of benzene rings is 2. The molecule has 0 saturated heterocycles. The van der Waals surface area contributed by atoms with Crippen molar-refractivity contribution in [2.75, 3.05) is 12.5 Å². The van der Waals surface area contributed by atoms with Gasteiger partial charge in [-0.15, -0.1) is 0 Å². The van der Waals surface area contributed by atoms with E-state index in [0.29, 0.717) is 12.1 Å². The van der Waals surface area contributed by atoms with Gasteiger partial charge in [0.1, 0.15) is 11.4 Å². The molecule has 0 spiro atoms. The summed E-state index contributed by atoms with van der Waals surface area (Å²) in [4.78, 5) is 10.1. The van der Waals surface area contributed by atoms with Crippen molar-refractivity contribution in [3.05, 3.63) is 58.1 Å². The zero-order valence-electron chi connectivity index (χ0n) is 14.2. The Labute approximate surface area is 150 Å². The number of hydrogen-bond donors (Lipinski definition) is 2. The number of rotatable bonds is 7. The lowest BCUT2D eigenvalue weighted by molar-refractivity contribution is -0.384. The van der Waals surface area contributed by atoms with Crippen molar-refractivity contribution in [2.45, 2.75) is 18.2 Å². The number of nitrogens with zero attached hydrogens (tertiary/aromatic N) is 2. The third-order valence-corrected chi connectivity index (χ3v) is 4.39. The van der Waals surface area contributed by atoms with Gasteiger partial charge in [0.05, 0.1) is 16.9 Å². The molecule has 0 aromatic heterocycles. The topological polar surface area (TPSA) is 137 Å². The Balaban J connectivity index is 2.18. The molecule has 0 aliphatic rings. The van der Waals surface area contributed by atoms with E-state index in [0.717, 1.165) is 17.4 Å². The number of ether oxygens (including phenoxy) is 1. The predicted molar refractivity (Wildman–Crippen MR) is 97.9 cm³/mol. The smallest absolute Gasteiger partial charge is 0.295 e. The highest BCUT2D eigenvalue weighted by atomic mass is 32.2. The van der Waals surface area contributed by atoms with Gasteiger partial charge < -0.3 is 4.74 Å². The Morgan fingerprint density at radius 3 is 2.46 bits per heavy atom. The molecule has 0 bridgehead atoms. The maximum Gasteiger partial charge on any atom is 0.295 e. The van der Waals surface area contributed by atoms with Gasteiger partial charge in [0.15, 0.2) is 0 Å². The Morgan fingerprint density at radius 2 is 1.92 bits per heavy atom. The molecule has 0 atom stereocenters. The second-order valence-corrected chi connectivity index (χ2v) is 7.03. The van der Waals surface area contributed by atoms with Crippen molar-refractivity contribution in [3.63, 3.8) is 0 Å². The van der Waals surface area contributed by atoms with Gasteiger partial charge in [-0.2, -0.15) is 5.10 Å². The summed E-state index contributed by atoms with van der Waals surface area (Å²) in [5, 5.41) is 20.3. The summed E-state index contributed by atoms with van der Waals surface area (Å²) in [6.07, 6.45) is 0.528. The molecule has 0 aliphatic heterocycles. The highest BCUT2D eigenvalue weighted by Gasteiger charge is 2.18. The molecule has 0 aliphatic carbocycles. The highest BCUT2D eigenvalue weighted by molar-refractivity contribution is 7.89. The number of hydrazone groups is 1. The quantitative estimate of drug-likeness (QED) is 0.431. The van der Waals surface area contributed by atoms with Crippen molar-refractivity contribution in [3.8, 4) is 5.75 Å². The van der Waals surface area contributed by atoms with Crippen LogP contribution < -0.4 is 15.3 Å². The van der Waals surface area contributed by atoms with Gasteiger partial charge in [-0.3, -0.25) is 15.5 Å². The third-order valence-electron chi connectivity index (χ3n) is 3.48. The maximum atomic E-state index is 11.3. The van der Waals surface area contributed by atoms with E-state index >= 15 is 0 Å². The van der Waals surface area contributed by atoms with Crippen LogP contribution in [0.5, 0.6) is 5.75 Å². The van der Waals surface area contributed by atoms with E-state index in [4.69, 9.17) is 9.88 Å². The first kappa shape index (κ1) is 19.3. The first-order valence-electron chi connectivity index (χ1n) is 7.44. The van der Waals surface area contributed by atoms with E-state index in [1.165, 1.54) is 12.1 Å². The van der Waals surface area contributed by atoms with Crippen molar-refractivity contribution >= 4 is 27.1 Å². The van der Waals surface area contributed by atoms with E-state index in [-0.39, 0.29) is 10.6 Å². The summed E-state index contributed by atoms with van der Waals surface area (Å²) in [5.74, 6) is 0.743. The van der Waals surface area contributed by atoms with Crippen LogP contribution in [0.3, 0.4) is 0 Å². The zero-order valence-corrected chi connectivity index (χ0v) is 15.0. The average Bonchev–Trinajstić information content (AvgIpc) is 2.59. The van der Waals surface area contributed by atoms with Crippen molar-refractivity contribution < 1.29 is 18.1 Å². The van der Waals surface area contributed by atoms with Crippen LogP contribution in [0.4, 0.5) is 11.4 Å². The standard InChI is InChI=1S/C16H18N4O5S/c1-11(9-12-3-5-13(25-2)6-4-12)18-19-15-8-7-14(26(17,23)24)10-16(15)20(21)22/h3-8,10,19H,9H2,1-2H3,(H2,17,23,24)/b18-11-. The molecule has 2 aromatic carbocycles. The lowest BCUT2D eigenvalue weighted by Crippen LogP contribution is -2.12. The first-order valence-corrected chi connectivity index (χ1v) is 8.98. The van der Waals surface area contributed by atoms with Crippen LogP contribution in [0.15, 0.2) is 52.5 Å². The average molecular weight is 378 g/mol. The minimum Gasteiger partial charge on any atom is -0.497 e. The van der Waals surface area contributed by atoms with E-state index in [9.17, 15) is 18.5 Å². The Morgan fingerprint density at radius 1 is 1.27 bits per heavy atom. The van der Waals surface area contributed by atoms with Crippen LogP contribution in [-0.2, 0) is 16.4 Å². The monoisotopic (exact) mass is 378 g/mol. The zero-order chi connectivity index (χ0) is 19.3. The van der Waals surface area contributed by atoms with Gasteiger partial charge in [0, 0.05) is 18.2 Å². The molecule has 0 heterocycles. The Kier molecular flexibility index (Phi) is 5.90. The molecule has 0 unspecified atom stereocenters. The van der Waals surface area contributed by atoms with Gasteiger partial charge in [-0.25, -0.2) is 13.6 Å². The highest BCUT2D eigenvalue weighted by Crippen LogP contribution is 2.27. The first-order chi connectivity index (χ1) is 12.2. The lowest BCUT2D eigenvalue weighted by Gasteiger charge is -2.07. The van der Waals surface area contributed by atoms with E-state index in [1.54, 1.807) is 14.0 Å². The summed E-state index contributed by atoms with van der Waals surface area (Å²) >= 11 is 0. The molecule has 2 rings (SSSR count). The molecular formula is C16H18N4O5S. The number of nitro groups is 1. The number of methoxy groups -OCH3 is 1. The number of anilines is 1. The van der Waals surface area contributed by atoms with Gasteiger partial charge >= 0.3 is 0 Å². The summed E-state index contributed by atoms with van der Waals surface area (Å²) < 4.78 is 27.8. The number of primary sulfonamides is 1. The van der Waals surface area contributed by atoms with Crippen LogP contribution in [-0.4, -0.2) is 26.2 Å². The minimum absolute atomic E-state index is 0.0662. The maximum absolute atomic E-state index is 11.3. The van der Waals surface area contributed by atoms with Gasteiger partial charge in [-0.05, 0) is 36.8 Å². The fourth-order valence-corrected chi connectivity index (χ4v) is 2.70. The lowest BCUT2D eigenvalue weighted by atomic mass is 10.1. The number of sulfonamides is 1. The van der Waals surface area contributed by atoms with Gasteiger partial charge in [-0.1, -0.05) is 12.1 Å². The van der Waals surface area contributed by atoms with E-state index < -0.39 is 20.6 Å². The van der Waals surface area contributed by atoms with E-state index in [2.05, 4.69) is 10.5 Å². The number of nitrogens with two attached hydrogens (primary N) is 1. The summed E-state index contributed by atoms with van der Waals surface area (Å²) in [6, 6.07) is 10.8. The normalized spacial score (nSPS) is 11.9. The molecule has 138 valence electrons. The minimum atomic E-state index is -4.03. The fourth-order valence-electron chi connectivity index (χ4n) is 2.17. The molecule has 0 saturated carbocycles. The number of nitrogens with one attached hydrogen (secondary N) is 1. The summed E-state index contributed by atoms with van der Waals surface area (Å²) in [6.45, 7) is 1.77. The second-order valence-electron chi connectivity index (χ2n) is 5.46. The van der Waals surface area contributed by atoms with Crippen LogP contribution >= 0.6 is 0 Å². The van der Waals surface area contributed by atoms with Gasteiger partial charge in [0.2, 0.25) is 10.0 Å². The molecular weight excluding hydrogens is 360 g/mol. The third kappa shape index (κ3) is 5.01. The van der Waals surface area contributed by atoms with Crippen LogP contribution in [0, 0.1) is 10.1 Å². The number of nitro benzene ring substituents is 1. The second kappa shape index (κ2) is 7.93.